The number of benzene rings is 1. The summed E-state index contributed by atoms with van der Waals surface area (Å²) in [6.45, 7) is 3.62. The van der Waals surface area contributed by atoms with E-state index in [1.807, 2.05) is 6.92 Å². The van der Waals surface area contributed by atoms with Gasteiger partial charge in [0.2, 0.25) is 15.9 Å². The zero-order valence-corrected chi connectivity index (χ0v) is 12.8. The maximum Gasteiger partial charge on any atom is 0.229 e. The van der Waals surface area contributed by atoms with Crippen molar-refractivity contribution in [3.63, 3.8) is 0 Å². The van der Waals surface area contributed by atoms with Gasteiger partial charge in [-0.05, 0) is 44.0 Å². The first-order valence-electron chi connectivity index (χ1n) is 6.31. The fraction of sp³-hybridized carbons (Fsp3) is 0.462. The zero-order chi connectivity index (χ0) is 15.3. The summed E-state index contributed by atoms with van der Waals surface area (Å²) in [6.07, 6.45) is 2.08. The van der Waals surface area contributed by atoms with Crippen LogP contribution in [0, 0.1) is 6.92 Å². The van der Waals surface area contributed by atoms with Gasteiger partial charge in [0.05, 0.1) is 11.9 Å². The van der Waals surface area contributed by atoms with Crippen LogP contribution in [0.2, 0.25) is 0 Å². The van der Waals surface area contributed by atoms with Crippen LogP contribution in [0.1, 0.15) is 25.3 Å². The van der Waals surface area contributed by atoms with Gasteiger partial charge in [0.1, 0.15) is 0 Å². The Labute approximate surface area is 119 Å². The van der Waals surface area contributed by atoms with Crippen molar-refractivity contribution in [2.24, 2.45) is 5.73 Å². The zero-order valence-electron chi connectivity index (χ0n) is 11.9. The minimum Gasteiger partial charge on any atom is -0.328 e. The SMILES string of the molecule is Cc1cc(NC(=O)CCC(C)N)ccc1NS(C)(=O)=O. The van der Waals surface area contributed by atoms with E-state index in [0.29, 0.717) is 24.2 Å². The summed E-state index contributed by atoms with van der Waals surface area (Å²) in [5.41, 5.74) is 7.46. The Morgan fingerprint density at radius 2 is 2.05 bits per heavy atom. The van der Waals surface area contributed by atoms with Gasteiger partial charge in [-0.1, -0.05) is 0 Å². The molecule has 1 atom stereocenters. The number of aryl methyl sites for hydroxylation is 1. The quantitative estimate of drug-likeness (QED) is 0.739. The number of hydrogen-bond acceptors (Lipinski definition) is 4. The molecule has 4 N–H and O–H groups in total. The normalized spacial score (nSPS) is 12.8. The van der Waals surface area contributed by atoms with Crippen molar-refractivity contribution < 1.29 is 13.2 Å². The van der Waals surface area contributed by atoms with Crippen molar-refractivity contribution in [3.8, 4) is 0 Å². The van der Waals surface area contributed by atoms with E-state index in [4.69, 9.17) is 5.73 Å². The van der Waals surface area contributed by atoms with Crippen LogP contribution >= 0.6 is 0 Å². The molecule has 0 spiro atoms. The van der Waals surface area contributed by atoms with E-state index in [0.717, 1.165) is 11.8 Å². The Kier molecular flexibility index (Phi) is 5.52. The van der Waals surface area contributed by atoms with Gasteiger partial charge in [0.15, 0.2) is 0 Å². The number of nitrogens with two attached hydrogens (primary N) is 1. The van der Waals surface area contributed by atoms with Crippen LogP contribution in [0.5, 0.6) is 0 Å². The standard InChI is InChI=1S/C13H21N3O3S/c1-9-8-11(15-13(17)7-4-10(2)14)5-6-12(9)16-20(3,18)19/h5-6,8,10,16H,4,7,14H2,1-3H3,(H,15,17). The van der Waals surface area contributed by atoms with Crippen molar-refractivity contribution in [2.45, 2.75) is 32.7 Å². The highest BCUT2D eigenvalue weighted by molar-refractivity contribution is 7.92. The van der Waals surface area contributed by atoms with Crippen LogP contribution in [-0.2, 0) is 14.8 Å². The summed E-state index contributed by atoms with van der Waals surface area (Å²) < 4.78 is 24.8. The van der Waals surface area contributed by atoms with E-state index >= 15 is 0 Å². The molecule has 0 saturated carbocycles. The number of rotatable bonds is 6. The molecule has 1 rings (SSSR count). The van der Waals surface area contributed by atoms with Gasteiger partial charge in [0.25, 0.3) is 0 Å². The lowest BCUT2D eigenvalue weighted by atomic mass is 10.1. The van der Waals surface area contributed by atoms with Crippen LogP contribution in [-0.4, -0.2) is 26.6 Å². The van der Waals surface area contributed by atoms with Gasteiger partial charge in [-0.2, -0.15) is 0 Å². The Hall–Kier alpha value is -1.60. The van der Waals surface area contributed by atoms with Crippen molar-refractivity contribution in [2.75, 3.05) is 16.3 Å². The minimum atomic E-state index is -3.30. The average Bonchev–Trinajstić information content (AvgIpc) is 2.28. The highest BCUT2D eigenvalue weighted by Gasteiger charge is 2.08. The molecular weight excluding hydrogens is 278 g/mol. The molecule has 1 aromatic carbocycles. The number of carbonyl (C=O) groups is 1. The van der Waals surface area contributed by atoms with Crippen molar-refractivity contribution in [3.05, 3.63) is 23.8 Å². The van der Waals surface area contributed by atoms with E-state index in [-0.39, 0.29) is 11.9 Å². The monoisotopic (exact) mass is 299 g/mol. The van der Waals surface area contributed by atoms with Crippen LogP contribution in [0.15, 0.2) is 18.2 Å². The molecule has 112 valence electrons. The molecule has 0 aliphatic rings. The maximum atomic E-state index is 11.7. The number of sulfonamides is 1. The highest BCUT2D eigenvalue weighted by Crippen LogP contribution is 2.20. The number of carbonyl (C=O) groups excluding carboxylic acids is 1. The maximum absolute atomic E-state index is 11.7. The van der Waals surface area contributed by atoms with Crippen LogP contribution in [0.3, 0.4) is 0 Å². The first-order valence-corrected chi connectivity index (χ1v) is 8.20. The summed E-state index contributed by atoms with van der Waals surface area (Å²) in [6, 6.07) is 4.99. The highest BCUT2D eigenvalue weighted by atomic mass is 32.2. The second-order valence-corrected chi connectivity index (χ2v) is 6.72. The Bertz CT molecular complexity index is 583. The Morgan fingerprint density at radius 1 is 1.40 bits per heavy atom. The van der Waals surface area contributed by atoms with Gasteiger partial charge < -0.3 is 11.1 Å². The number of nitrogens with one attached hydrogen (secondary N) is 2. The molecule has 1 amide bonds. The third-order valence-electron chi connectivity index (χ3n) is 2.63. The number of hydrogen-bond donors (Lipinski definition) is 3. The molecule has 0 heterocycles. The van der Waals surface area contributed by atoms with Gasteiger partial charge in [-0.25, -0.2) is 8.42 Å². The lowest BCUT2D eigenvalue weighted by Gasteiger charge is -2.11. The predicted octanol–water partition coefficient (Wildman–Crippen LogP) is 1.43. The molecule has 0 aliphatic heterocycles. The van der Waals surface area contributed by atoms with Gasteiger partial charge >= 0.3 is 0 Å². The first-order chi connectivity index (χ1) is 9.17. The largest absolute Gasteiger partial charge is 0.328 e. The van der Waals surface area contributed by atoms with E-state index < -0.39 is 10.0 Å². The van der Waals surface area contributed by atoms with Gasteiger partial charge in [-0.3, -0.25) is 9.52 Å². The summed E-state index contributed by atoms with van der Waals surface area (Å²) in [7, 11) is -3.30. The van der Waals surface area contributed by atoms with Crippen molar-refractivity contribution in [1.82, 2.24) is 0 Å². The fourth-order valence-corrected chi connectivity index (χ4v) is 2.27. The van der Waals surface area contributed by atoms with Crippen LogP contribution in [0.25, 0.3) is 0 Å². The second-order valence-electron chi connectivity index (χ2n) is 4.97. The average molecular weight is 299 g/mol. The lowest BCUT2D eigenvalue weighted by Crippen LogP contribution is -2.19. The Balaban J connectivity index is 2.70. The second kappa shape index (κ2) is 6.71. The third kappa shape index (κ3) is 6.03. The topological polar surface area (TPSA) is 101 Å². The lowest BCUT2D eigenvalue weighted by molar-refractivity contribution is -0.116. The molecular formula is C13H21N3O3S. The molecule has 0 radical (unpaired) electrons. The smallest absolute Gasteiger partial charge is 0.229 e. The molecule has 6 nitrogen and oxygen atoms in total. The summed E-state index contributed by atoms with van der Waals surface area (Å²) in [4.78, 5) is 11.7. The van der Waals surface area contributed by atoms with Crippen LogP contribution in [0.4, 0.5) is 11.4 Å². The van der Waals surface area contributed by atoms with E-state index in [2.05, 4.69) is 10.0 Å². The van der Waals surface area contributed by atoms with Gasteiger partial charge in [0, 0.05) is 18.2 Å². The summed E-state index contributed by atoms with van der Waals surface area (Å²) in [5, 5.41) is 2.76. The van der Waals surface area contributed by atoms with Crippen LogP contribution < -0.4 is 15.8 Å². The Morgan fingerprint density at radius 3 is 2.55 bits per heavy atom. The molecule has 20 heavy (non-hydrogen) atoms. The predicted molar refractivity (Wildman–Crippen MR) is 81.2 cm³/mol. The van der Waals surface area contributed by atoms with E-state index in [1.54, 1.807) is 25.1 Å². The molecule has 1 unspecified atom stereocenters. The molecule has 0 aromatic heterocycles. The number of anilines is 2. The number of amides is 1. The van der Waals surface area contributed by atoms with E-state index in [1.165, 1.54) is 0 Å². The molecule has 7 heteroatoms. The molecule has 0 bridgehead atoms. The van der Waals surface area contributed by atoms with Crippen molar-refractivity contribution >= 4 is 27.3 Å². The third-order valence-corrected chi connectivity index (χ3v) is 3.22. The molecule has 0 fully saturated rings. The molecule has 1 aromatic rings. The summed E-state index contributed by atoms with van der Waals surface area (Å²) in [5.74, 6) is -0.106. The fourth-order valence-electron chi connectivity index (χ4n) is 1.64. The van der Waals surface area contributed by atoms with Gasteiger partial charge in [-0.15, -0.1) is 0 Å². The summed E-state index contributed by atoms with van der Waals surface area (Å²) >= 11 is 0. The first kappa shape index (κ1) is 16.5. The van der Waals surface area contributed by atoms with Crippen molar-refractivity contribution in [1.29, 1.82) is 0 Å². The molecule has 0 aliphatic carbocycles. The van der Waals surface area contributed by atoms with E-state index in [9.17, 15) is 13.2 Å². The molecule has 0 saturated heterocycles. The minimum absolute atomic E-state index is 0.0103.